The number of hydrogen-bond acceptors (Lipinski definition) is 4. The van der Waals surface area contributed by atoms with Gasteiger partial charge in [-0.25, -0.2) is 0 Å². The van der Waals surface area contributed by atoms with E-state index in [1.807, 2.05) is 27.1 Å². The van der Waals surface area contributed by atoms with E-state index in [0.29, 0.717) is 32.7 Å². The van der Waals surface area contributed by atoms with Crippen molar-refractivity contribution in [3.63, 3.8) is 0 Å². The van der Waals surface area contributed by atoms with E-state index in [2.05, 4.69) is 16.5 Å². The van der Waals surface area contributed by atoms with Crippen molar-refractivity contribution in [2.24, 2.45) is 7.05 Å². The molecule has 2 atom stereocenters. The van der Waals surface area contributed by atoms with Gasteiger partial charge in [0.15, 0.2) is 0 Å². The lowest BCUT2D eigenvalue weighted by Gasteiger charge is -2.31. The summed E-state index contributed by atoms with van der Waals surface area (Å²) in [5.41, 5.74) is 2.30. The van der Waals surface area contributed by atoms with Crippen LogP contribution in [0.4, 0.5) is 0 Å². The highest BCUT2D eigenvalue weighted by atomic mass is 16.5. The Balaban J connectivity index is 1.78. The summed E-state index contributed by atoms with van der Waals surface area (Å²) in [5.74, 6) is 0.0279. The number of ether oxygens (including phenoxy) is 2. The molecule has 1 aliphatic heterocycles. The molecule has 0 bridgehead atoms. The molecule has 0 saturated carbocycles. The Kier molecular flexibility index (Phi) is 6.80. The van der Waals surface area contributed by atoms with Crippen LogP contribution in [0.25, 0.3) is 0 Å². The minimum atomic E-state index is -0.0734. The van der Waals surface area contributed by atoms with Crippen LogP contribution in [0.1, 0.15) is 32.3 Å². The molecule has 2 heterocycles. The first-order valence-electron chi connectivity index (χ1n) is 8.14. The van der Waals surface area contributed by atoms with Crippen molar-refractivity contribution in [2.45, 2.75) is 45.3 Å². The first kappa shape index (κ1) is 17.7. The van der Waals surface area contributed by atoms with Gasteiger partial charge in [-0.1, -0.05) is 11.6 Å². The highest BCUT2D eigenvalue weighted by molar-refractivity contribution is 5.76. The third-order valence-electron chi connectivity index (χ3n) is 3.84. The first-order valence-corrected chi connectivity index (χ1v) is 8.14. The lowest BCUT2D eigenvalue weighted by Crippen LogP contribution is -2.50. The molecule has 0 radical (unpaired) electrons. The van der Waals surface area contributed by atoms with Gasteiger partial charge >= 0.3 is 0 Å². The van der Waals surface area contributed by atoms with Crippen LogP contribution in [0.5, 0.6) is 0 Å². The van der Waals surface area contributed by atoms with E-state index in [1.54, 1.807) is 10.9 Å². The smallest absolute Gasteiger partial charge is 0.220 e. The summed E-state index contributed by atoms with van der Waals surface area (Å²) in [6, 6.07) is -0.0734. The maximum absolute atomic E-state index is 12.2. The maximum atomic E-state index is 12.2. The second kappa shape index (κ2) is 8.84. The Bertz CT molecular complexity index is 535. The standard InChI is InChI=1S/C17H27N3O3/c1-13(2)6-9-23-16-7-8-22-12-15(16)19-17(21)5-4-14-10-18-20(3)11-14/h6,10-11,15-16H,4-5,7-9,12H2,1-3H3,(H,19,21)/t15-,16+/m0/s1. The molecule has 1 saturated heterocycles. The van der Waals surface area contributed by atoms with E-state index in [4.69, 9.17) is 9.47 Å². The molecule has 1 aromatic rings. The van der Waals surface area contributed by atoms with E-state index in [-0.39, 0.29) is 18.1 Å². The van der Waals surface area contributed by atoms with Crippen molar-refractivity contribution >= 4 is 5.91 Å². The summed E-state index contributed by atoms with van der Waals surface area (Å²) >= 11 is 0. The fourth-order valence-corrected chi connectivity index (χ4v) is 2.53. The van der Waals surface area contributed by atoms with Crippen LogP contribution in [0.3, 0.4) is 0 Å². The van der Waals surface area contributed by atoms with Crippen molar-refractivity contribution < 1.29 is 14.3 Å². The van der Waals surface area contributed by atoms with Crippen LogP contribution in [-0.4, -0.2) is 47.7 Å². The Morgan fingerprint density at radius 2 is 2.39 bits per heavy atom. The summed E-state index contributed by atoms with van der Waals surface area (Å²) in [5, 5.41) is 7.16. The van der Waals surface area contributed by atoms with Gasteiger partial charge in [-0.15, -0.1) is 0 Å². The molecule has 0 aliphatic carbocycles. The summed E-state index contributed by atoms with van der Waals surface area (Å²) in [6.07, 6.45) is 7.74. The molecule has 1 aromatic heterocycles. The van der Waals surface area contributed by atoms with Gasteiger partial charge in [-0.3, -0.25) is 9.48 Å². The monoisotopic (exact) mass is 321 g/mol. The van der Waals surface area contributed by atoms with Crippen molar-refractivity contribution in [2.75, 3.05) is 19.8 Å². The number of amides is 1. The fraction of sp³-hybridized carbons (Fsp3) is 0.647. The molecule has 0 spiro atoms. The van der Waals surface area contributed by atoms with Crippen molar-refractivity contribution in [1.29, 1.82) is 0 Å². The number of carbonyl (C=O) groups excluding carboxylic acids is 1. The molecule has 1 N–H and O–H groups in total. The quantitative estimate of drug-likeness (QED) is 0.775. The molecule has 1 amide bonds. The number of hydrogen-bond donors (Lipinski definition) is 1. The number of rotatable bonds is 7. The molecule has 1 aliphatic rings. The van der Waals surface area contributed by atoms with Gasteiger partial charge in [0.1, 0.15) is 0 Å². The second-order valence-corrected chi connectivity index (χ2v) is 6.21. The van der Waals surface area contributed by atoms with Crippen molar-refractivity contribution in [3.8, 4) is 0 Å². The molecule has 128 valence electrons. The SMILES string of the molecule is CC(C)=CCO[C@@H]1CCOC[C@@H]1NC(=O)CCc1cnn(C)c1. The van der Waals surface area contributed by atoms with Crippen LogP contribution in [-0.2, 0) is 27.7 Å². The molecule has 0 unspecified atom stereocenters. The van der Waals surface area contributed by atoms with Gasteiger partial charge in [0.25, 0.3) is 0 Å². The number of allylic oxidation sites excluding steroid dienone is 1. The Morgan fingerprint density at radius 1 is 1.57 bits per heavy atom. The molecule has 23 heavy (non-hydrogen) atoms. The minimum absolute atomic E-state index is 0.0155. The molecule has 0 aromatic carbocycles. The predicted octanol–water partition coefficient (Wildman–Crippen LogP) is 1.61. The normalized spacial score (nSPS) is 21.0. The van der Waals surface area contributed by atoms with Gasteiger partial charge in [-0.05, 0) is 32.3 Å². The number of nitrogens with zero attached hydrogens (tertiary/aromatic N) is 2. The van der Waals surface area contributed by atoms with Crippen LogP contribution < -0.4 is 5.32 Å². The molecule has 6 nitrogen and oxygen atoms in total. The average molecular weight is 321 g/mol. The molecule has 6 heteroatoms. The largest absolute Gasteiger partial charge is 0.379 e. The van der Waals surface area contributed by atoms with Gasteiger partial charge < -0.3 is 14.8 Å². The summed E-state index contributed by atoms with van der Waals surface area (Å²) in [4.78, 5) is 12.2. The highest BCUT2D eigenvalue weighted by Crippen LogP contribution is 2.13. The summed E-state index contributed by atoms with van der Waals surface area (Å²) in [7, 11) is 1.87. The predicted molar refractivity (Wildman–Crippen MR) is 88.1 cm³/mol. The second-order valence-electron chi connectivity index (χ2n) is 6.21. The molecule has 1 fully saturated rings. The zero-order valence-corrected chi connectivity index (χ0v) is 14.2. The summed E-state index contributed by atoms with van der Waals surface area (Å²) < 4.78 is 13.1. The lowest BCUT2D eigenvalue weighted by molar-refractivity contribution is -0.125. The van der Waals surface area contributed by atoms with Gasteiger partial charge in [0.2, 0.25) is 5.91 Å². The van der Waals surface area contributed by atoms with Gasteiger partial charge in [0.05, 0.1) is 31.6 Å². The van der Waals surface area contributed by atoms with E-state index in [0.717, 1.165) is 12.0 Å². The van der Waals surface area contributed by atoms with E-state index in [1.165, 1.54) is 5.57 Å². The van der Waals surface area contributed by atoms with Crippen LogP contribution in [0, 0.1) is 0 Å². The Morgan fingerprint density at radius 3 is 3.09 bits per heavy atom. The van der Waals surface area contributed by atoms with E-state index >= 15 is 0 Å². The van der Waals surface area contributed by atoms with Crippen LogP contribution >= 0.6 is 0 Å². The highest BCUT2D eigenvalue weighted by Gasteiger charge is 2.27. The number of nitrogens with one attached hydrogen (secondary N) is 1. The van der Waals surface area contributed by atoms with Crippen molar-refractivity contribution in [3.05, 3.63) is 29.6 Å². The number of aryl methyl sites for hydroxylation is 2. The molecule has 2 rings (SSSR count). The van der Waals surface area contributed by atoms with Gasteiger partial charge in [-0.2, -0.15) is 5.10 Å². The molecular formula is C17H27N3O3. The van der Waals surface area contributed by atoms with Crippen LogP contribution in [0.15, 0.2) is 24.0 Å². The average Bonchev–Trinajstić information content (AvgIpc) is 2.92. The number of carbonyl (C=O) groups is 1. The van der Waals surface area contributed by atoms with Gasteiger partial charge in [0, 0.05) is 26.3 Å². The third kappa shape index (κ3) is 6.15. The zero-order chi connectivity index (χ0) is 16.7. The van der Waals surface area contributed by atoms with E-state index < -0.39 is 0 Å². The number of aromatic nitrogens is 2. The lowest BCUT2D eigenvalue weighted by atomic mass is 10.1. The zero-order valence-electron chi connectivity index (χ0n) is 14.2. The summed E-state index contributed by atoms with van der Waals surface area (Å²) in [6.45, 7) is 5.87. The van der Waals surface area contributed by atoms with E-state index in [9.17, 15) is 4.79 Å². The Hall–Kier alpha value is -1.66. The molecular weight excluding hydrogens is 294 g/mol. The first-order chi connectivity index (χ1) is 11.0. The van der Waals surface area contributed by atoms with Crippen molar-refractivity contribution in [1.82, 2.24) is 15.1 Å². The van der Waals surface area contributed by atoms with Crippen LogP contribution in [0.2, 0.25) is 0 Å². The minimum Gasteiger partial charge on any atom is -0.379 e. The topological polar surface area (TPSA) is 65.4 Å². The Labute approximate surface area is 137 Å². The fourth-order valence-electron chi connectivity index (χ4n) is 2.53. The maximum Gasteiger partial charge on any atom is 0.220 e. The third-order valence-corrected chi connectivity index (χ3v) is 3.84.